The van der Waals surface area contributed by atoms with E-state index in [2.05, 4.69) is 32.0 Å². The number of thiophene rings is 1. The van der Waals surface area contributed by atoms with Gasteiger partial charge in [0.25, 0.3) is 0 Å². The van der Waals surface area contributed by atoms with Gasteiger partial charge in [-0.2, -0.15) is 0 Å². The Morgan fingerprint density at radius 1 is 1.33 bits per heavy atom. The summed E-state index contributed by atoms with van der Waals surface area (Å²) in [6.07, 6.45) is 2.46. The van der Waals surface area contributed by atoms with Crippen LogP contribution in [0.15, 0.2) is 18.2 Å². The van der Waals surface area contributed by atoms with E-state index in [9.17, 15) is 4.79 Å². The predicted molar refractivity (Wildman–Crippen MR) is 65.7 cm³/mol. The zero-order chi connectivity index (χ0) is 10.8. The Labute approximate surface area is 93.7 Å². The van der Waals surface area contributed by atoms with Gasteiger partial charge in [-0.1, -0.05) is 12.1 Å². The van der Waals surface area contributed by atoms with Gasteiger partial charge in [0.2, 0.25) is 0 Å². The first-order valence-electron chi connectivity index (χ1n) is 5.14. The molecule has 0 saturated heterocycles. The molecule has 15 heavy (non-hydrogen) atoms. The summed E-state index contributed by atoms with van der Waals surface area (Å²) in [7, 11) is 0. The first kappa shape index (κ1) is 10.4. The Morgan fingerprint density at radius 3 is 2.87 bits per heavy atom. The number of rotatable bonds is 3. The molecule has 0 N–H and O–H groups in total. The Balaban J connectivity index is 2.43. The largest absolute Gasteiger partial charge is 0.303 e. The normalized spacial score (nSPS) is 10.8. The number of aryl methyl sites for hydroxylation is 3. The molecule has 0 aliphatic carbocycles. The van der Waals surface area contributed by atoms with Crippen molar-refractivity contribution in [1.82, 2.24) is 0 Å². The molecule has 0 fully saturated rings. The van der Waals surface area contributed by atoms with Crippen molar-refractivity contribution in [3.05, 3.63) is 34.2 Å². The second-order valence-corrected chi connectivity index (χ2v) is 5.08. The molecule has 1 nitrogen and oxygen atoms in total. The van der Waals surface area contributed by atoms with Crippen LogP contribution in [0.25, 0.3) is 10.1 Å². The summed E-state index contributed by atoms with van der Waals surface area (Å²) in [6, 6.07) is 6.52. The number of aldehydes is 1. The molecule has 1 heterocycles. The molecule has 1 aromatic carbocycles. The van der Waals surface area contributed by atoms with Gasteiger partial charge in [-0.05, 0) is 42.8 Å². The van der Waals surface area contributed by atoms with E-state index in [1.54, 1.807) is 0 Å². The number of hydrogen-bond acceptors (Lipinski definition) is 2. The van der Waals surface area contributed by atoms with Gasteiger partial charge in [0.1, 0.15) is 6.29 Å². The molecule has 2 heteroatoms. The second-order valence-electron chi connectivity index (χ2n) is 3.82. The van der Waals surface area contributed by atoms with Crippen LogP contribution in [0.1, 0.15) is 22.4 Å². The monoisotopic (exact) mass is 218 g/mol. The summed E-state index contributed by atoms with van der Waals surface area (Å²) in [4.78, 5) is 11.7. The molecule has 0 saturated carbocycles. The highest BCUT2D eigenvalue weighted by molar-refractivity contribution is 7.19. The molecule has 0 atom stereocenters. The van der Waals surface area contributed by atoms with Crippen molar-refractivity contribution in [3.63, 3.8) is 0 Å². The van der Waals surface area contributed by atoms with Gasteiger partial charge in [-0.15, -0.1) is 11.3 Å². The number of fused-ring (bicyclic) bond motifs is 1. The van der Waals surface area contributed by atoms with Crippen LogP contribution in [0.4, 0.5) is 0 Å². The minimum absolute atomic E-state index is 0.620. The van der Waals surface area contributed by atoms with Crippen LogP contribution >= 0.6 is 11.3 Å². The highest BCUT2D eigenvalue weighted by atomic mass is 32.1. The average molecular weight is 218 g/mol. The smallest absolute Gasteiger partial charge is 0.120 e. The molecule has 0 unspecified atom stereocenters. The molecule has 0 amide bonds. The standard InChI is InChI=1S/C13H14OS/c1-9-10(2)15-13-8-11(4-3-7-14)5-6-12(9)13/h5-8H,3-4H2,1-2H3. The zero-order valence-corrected chi connectivity index (χ0v) is 9.86. The lowest BCUT2D eigenvalue weighted by Gasteiger charge is -1.98. The lowest BCUT2D eigenvalue weighted by atomic mass is 10.1. The van der Waals surface area contributed by atoms with Gasteiger partial charge in [-0.3, -0.25) is 0 Å². The molecule has 0 spiro atoms. The second kappa shape index (κ2) is 4.15. The summed E-state index contributed by atoms with van der Waals surface area (Å²) >= 11 is 1.84. The molecular formula is C13H14OS. The van der Waals surface area contributed by atoms with Crippen LogP contribution in [-0.4, -0.2) is 6.29 Å². The van der Waals surface area contributed by atoms with Crippen molar-refractivity contribution < 1.29 is 4.79 Å². The molecule has 1 aromatic heterocycles. The average Bonchev–Trinajstić information content (AvgIpc) is 2.52. The Kier molecular flexibility index (Phi) is 2.87. The molecular weight excluding hydrogens is 204 g/mol. The van der Waals surface area contributed by atoms with Gasteiger partial charge in [-0.25, -0.2) is 0 Å². The highest BCUT2D eigenvalue weighted by Crippen LogP contribution is 2.30. The van der Waals surface area contributed by atoms with Gasteiger partial charge in [0.15, 0.2) is 0 Å². The summed E-state index contributed by atoms with van der Waals surface area (Å²) in [5.41, 5.74) is 2.65. The number of benzene rings is 1. The minimum Gasteiger partial charge on any atom is -0.303 e. The maximum absolute atomic E-state index is 10.3. The first-order valence-corrected chi connectivity index (χ1v) is 5.96. The quantitative estimate of drug-likeness (QED) is 0.719. The first-order chi connectivity index (χ1) is 7.22. The van der Waals surface area contributed by atoms with E-state index in [-0.39, 0.29) is 0 Å². The maximum atomic E-state index is 10.3. The number of carbonyl (C=O) groups is 1. The van der Waals surface area contributed by atoms with Gasteiger partial charge in [0.05, 0.1) is 0 Å². The highest BCUT2D eigenvalue weighted by Gasteiger charge is 2.05. The van der Waals surface area contributed by atoms with Crippen molar-refractivity contribution in [3.8, 4) is 0 Å². The van der Waals surface area contributed by atoms with Crippen molar-refractivity contribution in [2.45, 2.75) is 26.7 Å². The molecule has 0 bridgehead atoms. The van der Waals surface area contributed by atoms with Crippen molar-refractivity contribution in [1.29, 1.82) is 0 Å². The number of carbonyl (C=O) groups excluding carboxylic acids is 1. The third-order valence-electron chi connectivity index (χ3n) is 2.79. The topological polar surface area (TPSA) is 17.1 Å². The van der Waals surface area contributed by atoms with Crippen LogP contribution in [0.2, 0.25) is 0 Å². The predicted octanol–water partition coefficient (Wildman–Crippen LogP) is 3.65. The lowest BCUT2D eigenvalue weighted by molar-refractivity contribution is -0.107. The van der Waals surface area contributed by atoms with Crippen molar-refractivity contribution in [2.75, 3.05) is 0 Å². The van der Waals surface area contributed by atoms with E-state index >= 15 is 0 Å². The molecule has 2 aromatic rings. The third kappa shape index (κ3) is 1.95. The Morgan fingerprint density at radius 2 is 2.13 bits per heavy atom. The zero-order valence-electron chi connectivity index (χ0n) is 9.04. The van der Waals surface area contributed by atoms with E-state index in [1.807, 2.05) is 11.3 Å². The van der Waals surface area contributed by atoms with Crippen molar-refractivity contribution >= 4 is 27.7 Å². The van der Waals surface area contributed by atoms with Crippen LogP contribution in [0.5, 0.6) is 0 Å². The van der Waals surface area contributed by atoms with Crippen molar-refractivity contribution in [2.24, 2.45) is 0 Å². The van der Waals surface area contributed by atoms with Crippen LogP contribution in [0, 0.1) is 13.8 Å². The van der Waals surface area contributed by atoms with Gasteiger partial charge in [0, 0.05) is 16.0 Å². The molecule has 78 valence electrons. The molecule has 0 radical (unpaired) electrons. The SMILES string of the molecule is Cc1sc2cc(CCC=O)ccc2c1C. The third-order valence-corrected chi connectivity index (χ3v) is 3.96. The fraction of sp³-hybridized carbons (Fsp3) is 0.308. The fourth-order valence-corrected chi connectivity index (χ4v) is 2.91. The Bertz CT molecular complexity index is 496. The van der Waals surface area contributed by atoms with Crippen LogP contribution in [-0.2, 0) is 11.2 Å². The van der Waals surface area contributed by atoms with Crippen LogP contribution < -0.4 is 0 Å². The number of hydrogen-bond donors (Lipinski definition) is 0. The lowest BCUT2D eigenvalue weighted by Crippen LogP contribution is -1.85. The maximum Gasteiger partial charge on any atom is 0.120 e. The van der Waals surface area contributed by atoms with E-state index in [0.717, 1.165) is 12.7 Å². The molecule has 0 aliphatic rings. The Hall–Kier alpha value is -1.15. The van der Waals surface area contributed by atoms with Crippen LogP contribution in [0.3, 0.4) is 0 Å². The summed E-state index contributed by atoms with van der Waals surface area (Å²) in [5.74, 6) is 0. The summed E-state index contributed by atoms with van der Waals surface area (Å²) in [5, 5.41) is 1.35. The fourth-order valence-electron chi connectivity index (χ4n) is 1.77. The molecule has 0 aliphatic heterocycles. The van der Waals surface area contributed by atoms with E-state index in [1.165, 1.54) is 26.1 Å². The van der Waals surface area contributed by atoms with E-state index in [4.69, 9.17) is 0 Å². The van der Waals surface area contributed by atoms with E-state index < -0.39 is 0 Å². The summed E-state index contributed by atoms with van der Waals surface area (Å²) < 4.78 is 1.34. The molecule has 2 rings (SSSR count). The minimum atomic E-state index is 0.620. The van der Waals surface area contributed by atoms with Gasteiger partial charge >= 0.3 is 0 Å². The van der Waals surface area contributed by atoms with E-state index in [0.29, 0.717) is 6.42 Å². The summed E-state index contributed by atoms with van der Waals surface area (Å²) in [6.45, 7) is 4.32. The van der Waals surface area contributed by atoms with Gasteiger partial charge < -0.3 is 4.79 Å².